The molecule has 2 amide bonds. The van der Waals surface area contributed by atoms with Gasteiger partial charge in [0.2, 0.25) is 0 Å². The summed E-state index contributed by atoms with van der Waals surface area (Å²) in [6.07, 6.45) is 5.30. The molecule has 2 aromatic heterocycles. The fourth-order valence-corrected chi connectivity index (χ4v) is 2.87. The number of hydrogen-bond donors (Lipinski definition) is 3. The summed E-state index contributed by atoms with van der Waals surface area (Å²) >= 11 is 4.27. The van der Waals surface area contributed by atoms with E-state index in [4.69, 9.17) is 5.73 Å². The molecule has 1 fully saturated rings. The zero-order valence-electron chi connectivity index (χ0n) is 13.1. The number of carbonyl (C=O) groups is 2. The predicted octanol–water partition coefficient (Wildman–Crippen LogP) is 1.68. The molecule has 8 heteroatoms. The van der Waals surface area contributed by atoms with Crippen molar-refractivity contribution in [3.05, 3.63) is 47.9 Å². The van der Waals surface area contributed by atoms with Gasteiger partial charge < -0.3 is 11.1 Å². The Bertz CT molecular complexity index is 992. The molecule has 0 radical (unpaired) electrons. The average molecular weight is 353 g/mol. The standard InChI is InChI=1S/C17H15N5O2S/c18-14(23)12-8-22-13(7-19-15(22)17(25)21-12)9-1-3-10(4-2-9)16(24)20-11-5-6-11/h1-4,7-8,11H,5-6H2,(H2,18,23)(H,20,24)(H,21,25). The highest BCUT2D eigenvalue weighted by Gasteiger charge is 2.23. The number of nitrogens with one attached hydrogen (secondary N) is 1. The summed E-state index contributed by atoms with van der Waals surface area (Å²) in [6.45, 7) is 0. The molecule has 0 spiro atoms. The number of aromatic nitrogens is 3. The second-order valence-corrected chi connectivity index (χ2v) is 6.40. The van der Waals surface area contributed by atoms with E-state index in [-0.39, 0.29) is 11.6 Å². The zero-order chi connectivity index (χ0) is 17.6. The second-order valence-electron chi connectivity index (χ2n) is 5.98. The molecule has 3 N–H and O–H groups in total. The molecule has 7 nitrogen and oxygen atoms in total. The number of fused-ring (bicyclic) bond motifs is 1. The highest BCUT2D eigenvalue weighted by molar-refractivity contribution is 7.80. The van der Waals surface area contributed by atoms with Crippen molar-refractivity contribution in [1.29, 1.82) is 0 Å². The van der Waals surface area contributed by atoms with Gasteiger partial charge in [-0.15, -0.1) is 12.6 Å². The minimum atomic E-state index is -0.635. The summed E-state index contributed by atoms with van der Waals surface area (Å²) in [5, 5.41) is 3.28. The van der Waals surface area contributed by atoms with Gasteiger partial charge >= 0.3 is 0 Å². The van der Waals surface area contributed by atoms with Gasteiger partial charge in [-0.25, -0.2) is 9.97 Å². The predicted molar refractivity (Wildman–Crippen MR) is 94.7 cm³/mol. The molecule has 1 aliphatic carbocycles. The van der Waals surface area contributed by atoms with Crippen molar-refractivity contribution in [2.24, 2.45) is 5.73 Å². The van der Waals surface area contributed by atoms with Crippen LogP contribution in [0.25, 0.3) is 16.9 Å². The number of thiol groups is 1. The van der Waals surface area contributed by atoms with Gasteiger partial charge in [-0.1, -0.05) is 12.1 Å². The Hall–Kier alpha value is -2.87. The number of carbonyl (C=O) groups excluding carboxylic acids is 2. The third kappa shape index (κ3) is 2.96. The van der Waals surface area contributed by atoms with E-state index in [9.17, 15) is 9.59 Å². The van der Waals surface area contributed by atoms with Crippen molar-refractivity contribution in [3.8, 4) is 11.3 Å². The smallest absolute Gasteiger partial charge is 0.268 e. The lowest BCUT2D eigenvalue weighted by Gasteiger charge is -2.07. The Morgan fingerprint density at radius 2 is 1.96 bits per heavy atom. The molecule has 126 valence electrons. The molecule has 3 aromatic rings. The van der Waals surface area contributed by atoms with Gasteiger partial charge in [0.05, 0.1) is 11.9 Å². The Kier molecular flexibility index (Phi) is 3.69. The van der Waals surface area contributed by atoms with Crippen LogP contribution in [0.2, 0.25) is 0 Å². The van der Waals surface area contributed by atoms with Crippen LogP contribution in [0.3, 0.4) is 0 Å². The highest BCUT2D eigenvalue weighted by atomic mass is 32.1. The van der Waals surface area contributed by atoms with E-state index >= 15 is 0 Å². The van der Waals surface area contributed by atoms with Crippen LogP contribution >= 0.6 is 12.6 Å². The van der Waals surface area contributed by atoms with Gasteiger partial charge in [0.15, 0.2) is 5.65 Å². The van der Waals surface area contributed by atoms with E-state index < -0.39 is 5.91 Å². The Balaban J connectivity index is 1.71. The number of hydrogen-bond acceptors (Lipinski definition) is 5. The Morgan fingerprint density at radius 1 is 1.24 bits per heavy atom. The normalized spacial score (nSPS) is 13.8. The van der Waals surface area contributed by atoms with Crippen LogP contribution in [0.15, 0.2) is 41.7 Å². The molecule has 0 saturated heterocycles. The van der Waals surface area contributed by atoms with Crippen molar-refractivity contribution in [3.63, 3.8) is 0 Å². The summed E-state index contributed by atoms with van der Waals surface area (Å²) in [4.78, 5) is 31.8. The molecule has 0 unspecified atom stereocenters. The summed E-state index contributed by atoms with van der Waals surface area (Å²) in [5.41, 5.74) is 8.17. The van der Waals surface area contributed by atoms with Crippen LogP contribution in [0.1, 0.15) is 33.7 Å². The number of nitrogens with two attached hydrogens (primary N) is 1. The van der Waals surface area contributed by atoms with E-state index in [1.807, 2.05) is 12.1 Å². The van der Waals surface area contributed by atoms with Gasteiger partial charge in [-0.2, -0.15) is 0 Å². The number of amides is 2. The van der Waals surface area contributed by atoms with Crippen molar-refractivity contribution in [1.82, 2.24) is 19.7 Å². The molecule has 0 atom stereocenters. The molecule has 1 saturated carbocycles. The third-order valence-electron chi connectivity index (χ3n) is 4.08. The highest BCUT2D eigenvalue weighted by Crippen LogP contribution is 2.24. The molecule has 2 heterocycles. The first kappa shape index (κ1) is 15.6. The SMILES string of the molecule is NC(=O)c1cn2c(-c3ccc(C(=O)NC4CC4)cc3)cnc2c(S)n1. The van der Waals surface area contributed by atoms with E-state index in [1.165, 1.54) is 6.20 Å². The number of rotatable bonds is 4. The molecule has 1 aromatic carbocycles. The third-order valence-corrected chi connectivity index (χ3v) is 4.38. The van der Waals surface area contributed by atoms with Gasteiger partial charge in [0.25, 0.3) is 11.8 Å². The number of imidazole rings is 1. The van der Waals surface area contributed by atoms with Crippen molar-refractivity contribution >= 4 is 30.1 Å². The van der Waals surface area contributed by atoms with Crippen LogP contribution in [-0.2, 0) is 0 Å². The van der Waals surface area contributed by atoms with Gasteiger partial charge in [0.1, 0.15) is 10.7 Å². The van der Waals surface area contributed by atoms with Crippen molar-refractivity contribution < 1.29 is 9.59 Å². The molecule has 25 heavy (non-hydrogen) atoms. The molecule has 4 rings (SSSR count). The van der Waals surface area contributed by atoms with E-state index in [2.05, 4.69) is 27.9 Å². The van der Waals surface area contributed by atoms with Crippen LogP contribution in [-0.4, -0.2) is 32.2 Å². The average Bonchev–Trinajstić information content (AvgIpc) is 3.30. The lowest BCUT2D eigenvalue weighted by Crippen LogP contribution is -2.25. The number of nitrogens with zero attached hydrogens (tertiary/aromatic N) is 3. The summed E-state index contributed by atoms with van der Waals surface area (Å²) < 4.78 is 1.72. The maximum Gasteiger partial charge on any atom is 0.268 e. The van der Waals surface area contributed by atoms with E-state index in [0.29, 0.717) is 22.3 Å². The Labute approximate surface area is 148 Å². The fraction of sp³-hybridized carbons (Fsp3) is 0.176. The molecule has 0 aliphatic heterocycles. The van der Waals surface area contributed by atoms with E-state index in [1.54, 1.807) is 22.7 Å². The zero-order valence-corrected chi connectivity index (χ0v) is 14.0. The van der Waals surface area contributed by atoms with Gasteiger partial charge in [0, 0.05) is 23.4 Å². The van der Waals surface area contributed by atoms with Crippen LogP contribution in [0.5, 0.6) is 0 Å². The van der Waals surface area contributed by atoms with Gasteiger partial charge in [-0.3, -0.25) is 14.0 Å². The van der Waals surface area contributed by atoms with Crippen molar-refractivity contribution in [2.75, 3.05) is 0 Å². The minimum absolute atomic E-state index is 0.0648. The molecular weight excluding hydrogens is 338 g/mol. The van der Waals surface area contributed by atoms with Crippen LogP contribution in [0, 0.1) is 0 Å². The number of primary amides is 1. The fourth-order valence-electron chi connectivity index (χ4n) is 2.59. The van der Waals surface area contributed by atoms with E-state index in [0.717, 1.165) is 24.1 Å². The minimum Gasteiger partial charge on any atom is -0.364 e. The lowest BCUT2D eigenvalue weighted by atomic mass is 10.1. The summed E-state index contributed by atoms with van der Waals surface area (Å²) in [5.74, 6) is -0.700. The first-order valence-electron chi connectivity index (χ1n) is 7.81. The molecule has 1 aliphatic rings. The first-order valence-corrected chi connectivity index (χ1v) is 8.26. The maximum atomic E-state index is 12.1. The molecular formula is C17H15N5O2S. The summed E-state index contributed by atoms with van der Waals surface area (Å²) in [6, 6.07) is 7.54. The maximum absolute atomic E-state index is 12.1. The monoisotopic (exact) mass is 353 g/mol. The second kappa shape index (κ2) is 5.89. The lowest BCUT2D eigenvalue weighted by molar-refractivity contribution is 0.0949. The molecule has 0 bridgehead atoms. The first-order chi connectivity index (χ1) is 12.0. The number of benzene rings is 1. The van der Waals surface area contributed by atoms with Crippen LogP contribution in [0.4, 0.5) is 0 Å². The van der Waals surface area contributed by atoms with Gasteiger partial charge in [-0.05, 0) is 25.0 Å². The summed E-state index contributed by atoms with van der Waals surface area (Å²) in [7, 11) is 0. The quantitative estimate of drug-likeness (QED) is 0.621. The topological polar surface area (TPSA) is 102 Å². The Morgan fingerprint density at radius 3 is 2.60 bits per heavy atom. The largest absolute Gasteiger partial charge is 0.364 e. The van der Waals surface area contributed by atoms with Crippen molar-refractivity contribution in [2.45, 2.75) is 23.9 Å². The van der Waals surface area contributed by atoms with Crippen LogP contribution < -0.4 is 11.1 Å².